The first-order valence-corrected chi connectivity index (χ1v) is 5.43. The van der Waals surface area contributed by atoms with Crippen molar-refractivity contribution in [2.24, 2.45) is 0 Å². The molecule has 8 nitrogen and oxygen atoms in total. The van der Waals surface area contributed by atoms with Gasteiger partial charge in [-0.3, -0.25) is 0 Å². The van der Waals surface area contributed by atoms with Gasteiger partial charge in [0, 0.05) is 0 Å². The third-order valence-corrected chi connectivity index (χ3v) is 2.71. The molecular weight excluding hydrogens is 254 g/mol. The van der Waals surface area contributed by atoms with Crippen molar-refractivity contribution in [2.45, 2.75) is 19.9 Å². The molecule has 2 rings (SSSR count). The van der Waals surface area contributed by atoms with E-state index < -0.39 is 16.9 Å². The van der Waals surface area contributed by atoms with E-state index in [1.807, 2.05) is 0 Å². The third kappa shape index (κ3) is 2.32. The van der Waals surface area contributed by atoms with Crippen LogP contribution < -0.4 is 0 Å². The van der Waals surface area contributed by atoms with Crippen molar-refractivity contribution < 1.29 is 19.2 Å². The number of hydrogen-bond acceptors (Lipinski definition) is 5. The first-order chi connectivity index (χ1) is 8.90. The summed E-state index contributed by atoms with van der Waals surface area (Å²) in [6.07, 6.45) is 0. The van der Waals surface area contributed by atoms with Crippen LogP contribution in [0.1, 0.15) is 35.0 Å². The zero-order chi connectivity index (χ0) is 14.2. The smallest absolute Gasteiger partial charge is 0.390 e. The molecule has 1 N–H and O–H groups in total. The highest BCUT2D eigenvalue weighted by molar-refractivity contribution is 5.84. The van der Waals surface area contributed by atoms with Gasteiger partial charge in [-0.05, 0) is 30.9 Å². The van der Waals surface area contributed by atoms with Crippen LogP contribution in [-0.2, 0) is 0 Å². The molecule has 0 saturated carbocycles. The van der Waals surface area contributed by atoms with Crippen molar-refractivity contribution in [1.82, 2.24) is 9.78 Å². The predicted molar refractivity (Wildman–Crippen MR) is 63.1 cm³/mol. The molecule has 0 bridgehead atoms. The van der Waals surface area contributed by atoms with Crippen LogP contribution in [0.15, 0.2) is 22.6 Å². The SMILES string of the molecule is Cc1cc([N+](=O)[O-])nn1C(C)c1ccc(C(=O)O)o1. The lowest BCUT2D eigenvalue weighted by Gasteiger charge is -2.06. The van der Waals surface area contributed by atoms with Crippen LogP contribution in [0.3, 0.4) is 0 Å². The second kappa shape index (κ2) is 4.56. The van der Waals surface area contributed by atoms with Gasteiger partial charge in [0.25, 0.3) is 0 Å². The van der Waals surface area contributed by atoms with Gasteiger partial charge in [-0.15, -0.1) is 0 Å². The average molecular weight is 265 g/mol. The molecule has 0 spiro atoms. The molecule has 0 aromatic carbocycles. The van der Waals surface area contributed by atoms with E-state index in [4.69, 9.17) is 9.52 Å². The summed E-state index contributed by atoms with van der Waals surface area (Å²) in [4.78, 5) is 20.8. The number of hydrogen-bond donors (Lipinski definition) is 1. The van der Waals surface area contributed by atoms with Crippen LogP contribution >= 0.6 is 0 Å². The van der Waals surface area contributed by atoms with Gasteiger partial charge in [0.15, 0.2) is 0 Å². The standard InChI is InChI=1S/C11H11N3O5/c1-6-5-10(14(17)18)12-13(6)7(2)8-3-4-9(19-8)11(15)16/h3-5,7H,1-2H3,(H,15,16). The number of furan rings is 1. The molecule has 0 radical (unpaired) electrons. The minimum absolute atomic E-state index is 0.179. The number of carbonyl (C=O) groups is 1. The third-order valence-electron chi connectivity index (χ3n) is 2.71. The van der Waals surface area contributed by atoms with Gasteiger partial charge in [-0.2, -0.15) is 4.68 Å². The Bertz CT molecular complexity index is 643. The maximum atomic E-state index is 10.7. The molecule has 100 valence electrons. The zero-order valence-electron chi connectivity index (χ0n) is 10.2. The molecule has 19 heavy (non-hydrogen) atoms. The van der Waals surface area contributed by atoms with Crippen LogP contribution in [0.4, 0.5) is 5.82 Å². The topological polar surface area (TPSA) is 111 Å². The molecule has 1 unspecified atom stereocenters. The van der Waals surface area contributed by atoms with Gasteiger partial charge in [0.05, 0.1) is 16.9 Å². The molecule has 0 aliphatic rings. The van der Waals surface area contributed by atoms with Gasteiger partial charge in [0.2, 0.25) is 5.76 Å². The van der Waals surface area contributed by atoms with Crippen LogP contribution in [0.25, 0.3) is 0 Å². The minimum Gasteiger partial charge on any atom is -0.475 e. The summed E-state index contributed by atoms with van der Waals surface area (Å²) in [5.41, 5.74) is 0.590. The van der Waals surface area contributed by atoms with E-state index in [2.05, 4.69) is 5.10 Å². The number of aromatic nitrogens is 2. The van der Waals surface area contributed by atoms with Gasteiger partial charge >= 0.3 is 11.8 Å². The highest BCUT2D eigenvalue weighted by atomic mass is 16.6. The van der Waals surface area contributed by atoms with E-state index in [-0.39, 0.29) is 11.6 Å². The van der Waals surface area contributed by atoms with Gasteiger partial charge in [-0.25, -0.2) is 4.79 Å². The Labute approximate surface area is 107 Å². The summed E-state index contributed by atoms with van der Waals surface area (Å²) in [6, 6.07) is 3.77. The molecule has 0 aliphatic heterocycles. The van der Waals surface area contributed by atoms with Crippen molar-refractivity contribution in [2.75, 3.05) is 0 Å². The first kappa shape index (κ1) is 12.8. The number of nitro groups is 1. The minimum atomic E-state index is -1.17. The van der Waals surface area contributed by atoms with E-state index in [0.717, 1.165) is 0 Å². The maximum Gasteiger partial charge on any atom is 0.390 e. The number of aryl methyl sites for hydroxylation is 1. The Balaban J connectivity index is 2.35. The Hall–Kier alpha value is -2.64. The molecule has 1 atom stereocenters. The van der Waals surface area contributed by atoms with Crippen LogP contribution in [0.2, 0.25) is 0 Å². The molecule has 8 heteroatoms. The van der Waals surface area contributed by atoms with E-state index in [1.165, 1.54) is 22.9 Å². The van der Waals surface area contributed by atoms with Crippen LogP contribution in [0, 0.1) is 17.0 Å². The van der Waals surface area contributed by atoms with Gasteiger partial charge in [0.1, 0.15) is 11.8 Å². The number of nitrogens with zero attached hydrogens (tertiary/aromatic N) is 3. The van der Waals surface area contributed by atoms with E-state index in [0.29, 0.717) is 11.5 Å². The lowest BCUT2D eigenvalue weighted by molar-refractivity contribution is -0.389. The van der Waals surface area contributed by atoms with Crippen molar-refractivity contribution in [3.8, 4) is 0 Å². The van der Waals surface area contributed by atoms with Crippen molar-refractivity contribution in [3.63, 3.8) is 0 Å². The molecular formula is C11H11N3O5. The largest absolute Gasteiger partial charge is 0.475 e. The Morgan fingerprint density at radius 3 is 2.74 bits per heavy atom. The second-order valence-corrected chi connectivity index (χ2v) is 4.03. The Morgan fingerprint density at radius 1 is 1.58 bits per heavy atom. The van der Waals surface area contributed by atoms with E-state index in [9.17, 15) is 14.9 Å². The molecule has 2 aromatic heterocycles. The van der Waals surface area contributed by atoms with Crippen LogP contribution in [-0.4, -0.2) is 25.8 Å². The summed E-state index contributed by atoms with van der Waals surface area (Å²) >= 11 is 0. The Morgan fingerprint density at radius 2 is 2.26 bits per heavy atom. The second-order valence-electron chi connectivity index (χ2n) is 4.03. The summed E-state index contributed by atoms with van der Waals surface area (Å²) < 4.78 is 6.58. The normalized spacial score (nSPS) is 12.3. The lowest BCUT2D eigenvalue weighted by atomic mass is 10.2. The number of rotatable bonds is 4. The van der Waals surface area contributed by atoms with Gasteiger partial charge < -0.3 is 19.6 Å². The fourth-order valence-electron chi connectivity index (χ4n) is 1.77. The fourth-order valence-corrected chi connectivity index (χ4v) is 1.77. The van der Waals surface area contributed by atoms with Crippen molar-refractivity contribution in [3.05, 3.63) is 45.5 Å². The summed E-state index contributed by atoms with van der Waals surface area (Å²) in [5.74, 6) is -1.23. The number of carboxylic acids is 1. The van der Waals surface area contributed by atoms with E-state index >= 15 is 0 Å². The van der Waals surface area contributed by atoms with Crippen molar-refractivity contribution >= 4 is 11.8 Å². The zero-order valence-corrected chi connectivity index (χ0v) is 10.2. The summed E-state index contributed by atoms with van der Waals surface area (Å²) in [5, 5.41) is 23.3. The molecule has 0 aliphatic carbocycles. The van der Waals surface area contributed by atoms with Crippen molar-refractivity contribution in [1.29, 1.82) is 0 Å². The first-order valence-electron chi connectivity index (χ1n) is 5.43. The number of carboxylic acid groups (broad SMARTS) is 1. The quantitative estimate of drug-likeness (QED) is 0.668. The average Bonchev–Trinajstić information content (AvgIpc) is 2.94. The summed E-state index contributed by atoms with van der Waals surface area (Å²) in [6.45, 7) is 3.39. The molecule has 2 heterocycles. The monoisotopic (exact) mass is 265 g/mol. The molecule has 2 aromatic rings. The fraction of sp³-hybridized carbons (Fsp3) is 0.273. The predicted octanol–water partition coefficient (Wildman–Crippen LogP) is 2.00. The summed E-state index contributed by atoms with van der Waals surface area (Å²) in [7, 11) is 0. The lowest BCUT2D eigenvalue weighted by Crippen LogP contribution is -2.09. The Kier molecular flexibility index (Phi) is 3.07. The highest BCUT2D eigenvalue weighted by Crippen LogP contribution is 2.23. The molecule has 0 saturated heterocycles. The van der Waals surface area contributed by atoms with Gasteiger partial charge in [-0.1, -0.05) is 0 Å². The van der Waals surface area contributed by atoms with Crippen LogP contribution in [0.5, 0.6) is 0 Å². The number of aromatic carboxylic acids is 1. The molecule has 0 amide bonds. The molecule has 0 fully saturated rings. The van der Waals surface area contributed by atoms with E-state index in [1.54, 1.807) is 13.8 Å². The highest BCUT2D eigenvalue weighted by Gasteiger charge is 2.23. The maximum absolute atomic E-state index is 10.7.